The minimum absolute atomic E-state index is 0.286. The molecule has 0 atom stereocenters. The molecule has 0 aliphatic carbocycles. The Hall–Kier alpha value is -2.23. The van der Waals surface area contributed by atoms with Gasteiger partial charge < -0.3 is 10.1 Å². The maximum Gasteiger partial charge on any atom is 0.259 e. The van der Waals surface area contributed by atoms with Crippen molar-refractivity contribution in [2.45, 2.75) is 0 Å². The first kappa shape index (κ1) is 15.7. The first-order chi connectivity index (χ1) is 11.1. The summed E-state index contributed by atoms with van der Waals surface area (Å²) in [7, 11) is 1.54. The number of nitrogens with one attached hydrogen (secondary N) is 1. The Kier molecular flexibility index (Phi) is 4.42. The van der Waals surface area contributed by atoms with E-state index in [9.17, 15) is 4.79 Å². The number of carbonyl (C=O) groups is 1. The molecule has 116 valence electrons. The van der Waals surface area contributed by atoms with Crippen LogP contribution in [0.25, 0.3) is 10.8 Å². The molecule has 1 N–H and O–H groups in total. The highest BCUT2D eigenvalue weighted by Crippen LogP contribution is 2.28. The van der Waals surface area contributed by atoms with E-state index in [4.69, 9.17) is 27.9 Å². The lowest BCUT2D eigenvalue weighted by atomic mass is 10.1. The zero-order valence-electron chi connectivity index (χ0n) is 12.3. The normalized spacial score (nSPS) is 10.6. The van der Waals surface area contributed by atoms with E-state index >= 15 is 0 Å². The minimum atomic E-state index is -0.286. The van der Waals surface area contributed by atoms with E-state index in [2.05, 4.69) is 5.32 Å². The van der Waals surface area contributed by atoms with Crippen molar-refractivity contribution >= 4 is 45.6 Å². The van der Waals surface area contributed by atoms with Crippen LogP contribution in [0.2, 0.25) is 10.0 Å². The van der Waals surface area contributed by atoms with E-state index in [0.29, 0.717) is 27.0 Å². The molecule has 0 saturated heterocycles. The number of fused-ring (bicyclic) bond motifs is 1. The lowest BCUT2D eigenvalue weighted by Gasteiger charge is -2.11. The highest BCUT2D eigenvalue weighted by molar-refractivity contribution is 6.35. The van der Waals surface area contributed by atoms with Gasteiger partial charge in [0.15, 0.2) is 0 Å². The van der Waals surface area contributed by atoms with E-state index in [-0.39, 0.29) is 5.91 Å². The van der Waals surface area contributed by atoms with Crippen LogP contribution in [0.15, 0.2) is 54.6 Å². The lowest BCUT2D eigenvalue weighted by Crippen LogP contribution is -2.13. The van der Waals surface area contributed by atoms with Crippen molar-refractivity contribution in [2.75, 3.05) is 12.4 Å². The molecule has 0 aliphatic heterocycles. The highest BCUT2D eigenvalue weighted by atomic mass is 35.5. The summed E-state index contributed by atoms with van der Waals surface area (Å²) >= 11 is 11.9. The van der Waals surface area contributed by atoms with Gasteiger partial charge in [0.05, 0.1) is 12.7 Å². The Bertz CT molecular complexity index is 873. The number of amides is 1. The summed E-state index contributed by atoms with van der Waals surface area (Å²) in [6.45, 7) is 0. The zero-order chi connectivity index (χ0) is 16.4. The van der Waals surface area contributed by atoms with Crippen LogP contribution in [0.4, 0.5) is 5.69 Å². The van der Waals surface area contributed by atoms with Gasteiger partial charge >= 0.3 is 0 Å². The van der Waals surface area contributed by atoms with Crippen molar-refractivity contribution in [3.05, 3.63) is 70.2 Å². The van der Waals surface area contributed by atoms with Crippen molar-refractivity contribution in [3.63, 3.8) is 0 Å². The molecular formula is C18H13Cl2NO2. The SMILES string of the molecule is COc1cc2ccccc2cc1C(=O)Nc1cc(Cl)cc(Cl)c1. The molecule has 0 aromatic heterocycles. The van der Waals surface area contributed by atoms with Crippen LogP contribution in [0.3, 0.4) is 0 Å². The summed E-state index contributed by atoms with van der Waals surface area (Å²) in [4.78, 5) is 12.6. The third-order valence-corrected chi connectivity index (χ3v) is 3.87. The van der Waals surface area contributed by atoms with Crippen LogP contribution in [-0.4, -0.2) is 13.0 Å². The number of methoxy groups -OCH3 is 1. The molecule has 0 radical (unpaired) electrons. The Labute approximate surface area is 143 Å². The van der Waals surface area contributed by atoms with Gasteiger partial charge in [-0.1, -0.05) is 47.5 Å². The predicted molar refractivity (Wildman–Crippen MR) is 94.9 cm³/mol. The number of hydrogen-bond donors (Lipinski definition) is 1. The molecule has 1 amide bonds. The first-order valence-corrected chi connectivity index (χ1v) is 7.66. The standard InChI is InChI=1S/C18H13Cl2NO2/c1-23-17-7-12-5-3-2-4-11(12)6-16(17)18(22)21-15-9-13(19)8-14(20)10-15/h2-10H,1H3,(H,21,22). The molecule has 3 nitrogen and oxygen atoms in total. The lowest BCUT2D eigenvalue weighted by molar-refractivity contribution is 0.102. The molecule has 3 aromatic rings. The fourth-order valence-electron chi connectivity index (χ4n) is 2.39. The molecular weight excluding hydrogens is 333 g/mol. The highest BCUT2D eigenvalue weighted by Gasteiger charge is 2.14. The average molecular weight is 346 g/mol. The molecule has 0 spiro atoms. The third-order valence-electron chi connectivity index (χ3n) is 3.43. The fraction of sp³-hybridized carbons (Fsp3) is 0.0556. The topological polar surface area (TPSA) is 38.3 Å². The summed E-state index contributed by atoms with van der Waals surface area (Å²) < 4.78 is 5.35. The second kappa shape index (κ2) is 6.49. The van der Waals surface area contributed by atoms with Gasteiger partial charge in [0.2, 0.25) is 0 Å². The smallest absolute Gasteiger partial charge is 0.259 e. The number of ether oxygens (including phenoxy) is 1. The van der Waals surface area contributed by atoms with Crippen molar-refractivity contribution in [3.8, 4) is 5.75 Å². The van der Waals surface area contributed by atoms with Crippen LogP contribution in [0, 0.1) is 0 Å². The maximum absolute atomic E-state index is 12.6. The van der Waals surface area contributed by atoms with Crippen molar-refractivity contribution in [2.24, 2.45) is 0 Å². The van der Waals surface area contributed by atoms with Gasteiger partial charge in [0.25, 0.3) is 5.91 Å². The summed E-state index contributed by atoms with van der Waals surface area (Å²) in [6.07, 6.45) is 0. The summed E-state index contributed by atoms with van der Waals surface area (Å²) in [6, 6.07) is 16.3. The van der Waals surface area contributed by atoms with Crippen LogP contribution >= 0.6 is 23.2 Å². The quantitative estimate of drug-likeness (QED) is 0.689. The predicted octanol–water partition coefficient (Wildman–Crippen LogP) is 5.41. The molecule has 0 bridgehead atoms. The van der Waals surface area contributed by atoms with Crippen molar-refractivity contribution < 1.29 is 9.53 Å². The van der Waals surface area contributed by atoms with Gasteiger partial charge in [0, 0.05) is 15.7 Å². The van der Waals surface area contributed by atoms with Gasteiger partial charge in [-0.15, -0.1) is 0 Å². The molecule has 0 fully saturated rings. The summed E-state index contributed by atoms with van der Waals surface area (Å²) in [5, 5.41) is 5.67. The van der Waals surface area contributed by atoms with Crippen molar-refractivity contribution in [1.29, 1.82) is 0 Å². The number of anilines is 1. The molecule has 0 heterocycles. The van der Waals surface area contributed by atoms with Gasteiger partial charge in [-0.2, -0.15) is 0 Å². The molecule has 23 heavy (non-hydrogen) atoms. The molecule has 5 heteroatoms. The van der Waals surface area contributed by atoms with Gasteiger partial charge in [0.1, 0.15) is 5.75 Å². The fourth-order valence-corrected chi connectivity index (χ4v) is 2.92. The monoisotopic (exact) mass is 345 g/mol. The van der Waals surface area contributed by atoms with E-state index in [1.54, 1.807) is 24.3 Å². The number of halogens is 2. The maximum atomic E-state index is 12.6. The molecule has 0 aliphatic rings. The van der Waals surface area contributed by atoms with Crippen LogP contribution < -0.4 is 10.1 Å². The first-order valence-electron chi connectivity index (χ1n) is 6.91. The number of rotatable bonds is 3. The second-order valence-electron chi connectivity index (χ2n) is 5.01. The van der Waals surface area contributed by atoms with Gasteiger partial charge in [-0.25, -0.2) is 0 Å². The Morgan fingerprint density at radius 3 is 2.17 bits per heavy atom. The number of benzene rings is 3. The minimum Gasteiger partial charge on any atom is -0.496 e. The summed E-state index contributed by atoms with van der Waals surface area (Å²) in [5.74, 6) is 0.222. The summed E-state index contributed by atoms with van der Waals surface area (Å²) in [5.41, 5.74) is 0.977. The second-order valence-corrected chi connectivity index (χ2v) is 5.88. The Morgan fingerprint density at radius 1 is 0.957 bits per heavy atom. The number of hydrogen-bond acceptors (Lipinski definition) is 2. The van der Waals surface area contributed by atoms with Crippen LogP contribution in [0.1, 0.15) is 10.4 Å². The number of carbonyl (C=O) groups excluding carboxylic acids is 1. The van der Waals surface area contributed by atoms with Crippen LogP contribution in [0.5, 0.6) is 5.75 Å². The van der Waals surface area contributed by atoms with Gasteiger partial charge in [-0.3, -0.25) is 4.79 Å². The van der Waals surface area contributed by atoms with Gasteiger partial charge in [-0.05, 0) is 41.1 Å². The van der Waals surface area contributed by atoms with E-state index in [1.807, 2.05) is 30.3 Å². The molecule has 3 rings (SSSR count). The average Bonchev–Trinajstić information content (AvgIpc) is 2.52. The third kappa shape index (κ3) is 3.41. The van der Waals surface area contributed by atoms with Crippen LogP contribution in [-0.2, 0) is 0 Å². The van der Waals surface area contributed by atoms with Crippen molar-refractivity contribution in [1.82, 2.24) is 0 Å². The Balaban J connectivity index is 1.99. The molecule has 0 saturated carbocycles. The molecule has 0 unspecified atom stereocenters. The molecule has 3 aromatic carbocycles. The zero-order valence-corrected chi connectivity index (χ0v) is 13.8. The van der Waals surface area contributed by atoms with E-state index in [1.165, 1.54) is 7.11 Å². The Morgan fingerprint density at radius 2 is 1.57 bits per heavy atom. The largest absolute Gasteiger partial charge is 0.496 e. The van der Waals surface area contributed by atoms with E-state index in [0.717, 1.165) is 10.8 Å². The van der Waals surface area contributed by atoms with E-state index < -0.39 is 0 Å².